The summed E-state index contributed by atoms with van der Waals surface area (Å²) in [7, 11) is 3.23. The molecule has 1 aliphatic rings. The maximum Gasteiger partial charge on any atom is 0.225 e. The van der Waals surface area contributed by atoms with E-state index in [-0.39, 0.29) is 11.8 Å². The first-order chi connectivity index (χ1) is 13.5. The quantitative estimate of drug-likeness (QED) is 0.825. The number of nitrogens with zero attached hydrogens (tertiary/aromatic N) is 3. The minimum absolute atomic E-state index is 0.0481. The number of aromatic nitrogens is 2. The molecular weight excluding hydrogens is 356 g/mol. The van der Waals surface area contributed by atoms with Crippen LogP contribution in [0.2, 0.25) is 0 Å². The third-order valence-electron chi connectivity index (χ3n) is 4.99. The largest absolute Gasteiger partial charge is 0.497 e. The van der Waals surface area contributed by atoms with Crippen LogP contribution in [0.4, 0.5) is 5.95 Å². The van der Waals surface area contributed by atoms with Crippen molar-refractivity contribution in [1.29, 1.82) is 0 Å². The van der Waals surface area contributed by atoms with Crippen molar-refractivity contribution in [3.05, 3.63) is 41.2 Å². The van der Waals surface area contributed by atoms with Crippen LogP contribution in [0.15, 0.2) is 24.3 Å². The molecule has 3 rings (SSSR count). The number of anilines is 1. The molecule has 1 aliphatic heterocycles. The van der Waals surface area contributed by atoms with Crippen molar-refractivity contribution in [2.24, 2.45) is 5.92 Å². The van der Waals surface area contributed by atoms with Crippen molar-refractivity contribution < 1.29 is 14.3 Å². The van der Waals surface area contributed by atoms with Gasteiger partial charge in [-0.05, 0) is 44.9 Å². The van der Waals surface area contributed by atoms with E-state index < -0.39 is 0 Å². The van der Waals surface area contributed by atoms with Crippen LogP contribution < -0.4 is 19.7 Å². The number of benzene rings is 1. The third kappa shape index (κ3) is 4.71. The smallest absolute Gasteiger partial charge is 0.225 e. The van der Waals surface area contributed by atoms with Crippen molar-refractivity contribution >= 4 is 11.9 Å². The zero-order valence-corrected chi connectivity index (χ0v) is 17.0. The molecule has 1 fully saturated rings. The number of piperidine rings is 1. The zero-order chi connectivity index (χ0) is 20.1. The molecule has 1 aromatic heterocycles. The van der Waals surface area contributed by atoms with Gasteiger partial charge in [-0.3, -0.25) is 4.79 Å². The van der Waals surface area contributed by atoms with Crippen LogP contribution in [0, 0.1) is 19.8 Å². The second kappa shape index (κ2) is 8.91. The molecule has 7 nitrogen and oxygen atoms in total. The van der Waals surface area contributed by atoms with Crippen LogP contribution >= 0.6 is 0 Å². The van der Waals surface area contributed by atoms with Crippen molar-refractivity contribution in [3.8, 4) is 11.5 Å². The summed E-state index contributed by atoms with van der Waals surface area (Å²) in [6, 6.07) is 7.55. The normalized spacial score (nSPS) is 16.6. The van der Waals surface area contributed by atoms with Crippen LogP contribution in [0.1, 0.15) is 29.8 Å². The fourth-order valence-electron chi connectivity index (χ4n) is 3.55. The number of amides is 1. The molecule has 0 unspecified atom stereocenters. The molecule has 7 heteroatoms. The molecule has 1 aromatic carbocycles. The Labute approximate surface area is 166 Å². The van der Waals surface area contributed by atoms with Gasteiger partial charge in [0.05, 0.1) is 20.1 Å². The number of rotatable bonds is 6. The Bertz CT molecular complexity index is 820. The second-order valence-electron chi connectivity index (χ2n) is 7.13. The van der Waals surface area contributed by atoms with Crippen molar-refractivity contribution in [2.75, 3.05) is 32.2 Å². The molecule has 28 heavy (non-hydrogen) atoms. The summed E-state index contributed by atoms with van der Waals surface area (Å²) in [6.07, 6.45) is 1.81. The highest BCUT2D eigenvalue weighted by atomic mass is 16.5. The van der Waals surface area contributed by atoms with Gasteiger partial charge in [0, 0.05) is 42.7 Å². The van der Waals surface area contributed by atoms with Crippen LogP contribution in [0.5, 0.6) is 11.5 Å². The monoisotopic (exact) mass is 384 g/mol. The van der Waals surface area contributed by atoms with Gasteiger partial charge >= 0.3 is 0 Å². The summed E-state index contributed by atoms with van der Waals surface area (Å²) in [5.41, 5.74) is 2.81. The topological polar surface area (TPSA) is 76.6 Å². The Balaban J connectivity index is 1.63. The summed E-state index contributed by atoms with van der Waals surface area (Å²) in [5, 5.41) is 3.05. The van der Waals surface area contributed by atoms with Crippen molar-refractivity contribution in [1.82, 2.24) is 15.3 Å². The first kappa shape index (κ1) is 19.9. The maximum atomic E-state index is 12.8. The highest BCUT2D eigenvalue weighted by Crippen LogP contribution is 2.25. The van der Waals surface area contributed by atoms with Gasteiger partial charge in [-0.2, -0.15) is 0 Å². The Morgan fingerprint density at radius 1 is 1.18 bits per heavy atom. The van der Waals surface area contributed by atoms with E-state index in [1.807, 2.05) is 38.1 Å². The molecule has 0 bridgehead atoms. The lowest BCUT2D eigenvalue weighted by molar-refractivity contribution is -0.125. The van der Waals surface area contributed by atoms with Gasteiger partial charge in [0.15, 0.2) is 0 Å². The van der Waals surface area contributed by atoms with E-state index in [0.717, 1.165) is 42.1 Å². The number of hydrogen-bond donors (Lipinski definition) is 1. The number of aryl methyl sites for hydroxylation is 2. The number of ether oxygens (including phenoxy) is 2. The van der Waals surface area contributed by atoms with E-state index in [1.165, 1.54) is 0 Å². The highest BCUT2D eigenvalue weighted by molar-refractivity contribution is 5.79. The predicted molar refractivity (Wildman–Crippen MR) is 108 cm³/mol. The predicted octanol–water partition coefficient (Wildman–Crippen LogP) is 2.64. The standard InChI is InChI=1S/C21H28N4O3/c1-14-10-15(2)24-21(23-14)25-9-5-6-17(13-25)20(26)22-12-16-7-8-18(27-3)11-19(16)28-4/h7-8,10-11,17H,5-6,9,12-13H2,1-4H3,(H,22,26)/t17-/m0/s1. The van der Waals surface area contributed by atoms with Crippen LogP contribution in [0.3, 0.4) is 0 Å². The van der Waals surface area contributed by atoms with Crippen LogP contribution in [-0.2, 0) is 11.3 Å². The Kier molecular flexibility index (Phi) is 6.34. The van der Waals surface area contributed by atoms with Gasteiger partial charge in [-0.25, -0.2) is 9.97 Å². The first-order valence-electron chi connectivity index (χ1n) is 9.56. The van der Waals surface area contributed by atoms with Crippen LogP contribution in [0.25, 0.3) is 0 Å². The molecule has 2 aromatic rings. The van der Waals surface area contributed by atoms with Crippen molar-refractivity contribution in [3.63, 3.8) is 0 Å². The van der Waals surface area contributed by atoms with E-state index >= 15 is 0 Å². The fourth-order valence-corrected chi connectivity index (χ4v) is 3.55. The van der Waals surface area contributed by atoms with Gasteiger partial charge in [-0.15, -0.1) is 0 Å². The average molecular weight is 384 g/mol. The summed E-state index contributed by atoms with van der Waals surface area (Å²) in [4.78, 5) is 24.0. The zero-order valence-electron chi connectivity index (χ0n) is 17.0. The molecule has 0 radical (unpaired) electrons. The Morgan fingerprint density at radius 2 is 1.93 bits per heavy atom. The molecule has 0 spiro atoms. The minimum atomic E-state index is -0.0811. The molecule has 0 aliphatic carbocycles. The molecule has 2 heterocycles. The van der Waals surface area contributed by atoms with E-state index in [4.69, 9.17) is 9.47 Å². The summed E-state index contributed by atoms with van der Waals surface area (Å²) >= 11 is 0. The second-order valence-corrected chi connectivity index (χ2v) is 7.13. The number of carbonyl (C=O) groups is 1. The van der Waals surface area contributed by atoms with Gasteiger partial charge in [-0.1, -0.05) is 0 Å². The van der Waals surface area contributed by atoms with Gasteiger partial charge in [0.2, 0.25) is 11.9 Å². The SMILES string of the molecule is COc1ccc(CNC(=O)[C@H]2CCCN(c3nc(C)cc(C)n3)C2)c(OC)c1. The number of hydrogen-bond acceptors (Lipinski definition) is 6. The molecule has 1 N–H and O–H groups in total. The summed E-state index contributed by atoms with van der Waals surface area (Å²) in [6.45, 7) is 5.86. The minimum Gasteiger partial charge on any atom is -0.497 e. The lowest BCUT2D eigenvalue weighted by Crippen LogP contribution is -2.43. The molecule has 150 valence electrons. The molecule has 1 amide bonds. The Morgan fingerprint density at radius 3 is 2.61 bits per heavy atom. The number of methoxy groups -OCH3 is 2. The fraction of sp³-hybridized carbons (Fsp3) is 0.476. The number of carbonyl (C=O) groups excluding carboxylic acids is 1. The van der Waals surface area contributed by atoms with Crippen LogP contribution in [-0.4, -0.2) is 43.2 Å². The maximum absolute atomic E-state index is 12.8. The number of nitrogens with one attached hydrogen (secondary N) is 1. The lowest BCUT2D eigenvalue weighted by Gasteiger charge is -2.32. The van der Waals surface area contributed by atoms with Gasteiger partial charge < -0.3 is 19.7 Å². The summed E-state index contributed by atoms with van der Waals surface area (Å²) in [5.74, 6) is 2.11. The van der Waals surface area contributed by atoms with E-state index in [1.54, 1.807) is 14.2 Å². The lowest BCUT2D eigenvalue weighted by atomic mass is 9.97. The molecule has 1 saturated heterocycles. The van der Waals surface area contributed by atoms with E-state index in [2.05, 4.69) is 20.2 Å². The van der Waals surface area contributed by atoms with E-state index in [9.17, 15) is 4.79 Å². The van der Waals surface area contributed by atoms with Crippen molar-refractivity contribution in [2.45, 2.75) is 33.2 Å². The average Bonchev–Trinajstić information content (AvgIpc) is 2.71. The summed E-state index contributed by atoms with van der Waals surface area (Å²) < 4.78 is 10.6. The molecule has 1 atom stereocenters. The van der Waals surface area contributed by atoms with Gasteiger partial charge in [0.1, 0.15) is 11.5 Å². The Hall–Kier alpha value is -2.83. The van der Waals surface area contributed by atoms with E-state index in [0.29, 0.717) is 24.8 Å². The third-order valence-corrected chi connectivity index (χ3v) is 4.99. The highest BCUT2D eigenvalue weighted by Gasteiger charge is 2.27. The first-order valence-corrected chi connectivity index (χ1v) is 9.56. The van der Waals surface area contributed by atoms with Gasteiger partial charge in [0.25, 0.3) is 0 Å². The molecular formula is C21H28N4O3. The molecule has 0 saturated carbocycles.